The number of ketones is 1. The maximum Gasteiger partial charge on any atom is 0.259 e. The summed E-state index contributed by atoms with van der Waals surface area (Å²) >= 11 is 0. The third-order valence-corrected chi connectivity index (χ3v) is 5.61. The number of aromatic nitrogens is 1. The number of nitrogens with zero attached hydrogens (tertiary/aromatic N) is 1. The van der Waals surface area contributed by atoms with Gasteiger partial charge in [0.05, 0.1) is 0 Å². The van der Waals surface area contributed by atoms with Crippen molar-refractivity contribution in [2.45, 2.75) is 57.9 Å². The van der Waals surface area contributed by atoms with Crippen LogP contribution in [-0.4, -0.2) is 16.3 Å². The Bertz CT molecular complexity index is 878. The van der Waals surface area contributed by atoms with Gasteiger partial charge in [-0.3, -0.25) is 14.4 Å². The molecule has 0 radical (unpaired) electrons. The first-order chi connectivity index (χ1) is 12.5. The standard InChI is InChI=1S/C21H26N2O3/c1-14(20(22)25)23-13-12-16-17(8-5-9-18(16)21(23)26)19(24)11-10-15-6-3-2-4-7-15/h5,8-9,12-15H,2-4,6-7,10-11H2,1H3,(H2,22,25). The Morgan fingerprint density at radius 1 is 1.15 bits per heavy atom. The first kappa shape index (κ1) is 18.4. The molecule has 138 valence electrons. The van der Waals surface area contributed by atoms with Crippen molar-refractivity contribution in [1.29, 1.82) is 0 Å². The number of pyridine rings is 1. The predicted octanol–water partition coefficient (Wildman–Crippen LogP) is 3.59. The number of hydrogen-bond acceptors (Lipinski definition) is 3. The fourth-order valence-corrected chi connectivity index (χ4v) is 3.92. The zero-order valence-corrected chi connectivity index (χ0v) is 15.2. The molecule has 0 aliphatic heterocycles. The molecule has 0 spiro atoms. The zero-order chi connectivity index (χ0) is 18.7. The normalized spacial score (nSPS) is 16.5. The number of nitrogens with two attached hydrogens (primary N) is 1. The molecule has 2 aromatic rings. The van der Waals surface area contributed by atoms with Crippen LogP contribution in [0.25, 0.3) is 10.8 Å². The Hall–Kier alpha value is -2.43. The number of Topliss-reactive ketones (excluding diaryl/α,β-unsaturated/α-hetero) is 1. The summed E-state index contributed by atoms with van der Waals surface area (Å²) in [4.78, 5) is 36.9. The van der Waals surface area contributed by atoms with Crippen molar-refractivity contribution in [3.8, 4) is 0 Å². The second kappa shape index (κ2) is 7.85. The minimum absolute atomic E-state index is 0.0845. The van der Waals surface area contributed by atoms with Crippen LogP contribution in [0.5, 0.6) is 0 Å². The number of benzene rings is 1. The molecular weight excluding hydrogens is 328 g/mol. The molecule has 5 heteroatoms. The molecule has 1 fully saturated rings. The highest BCUT2D eigenvalue weighted by atomic mass is 16.2. The van der Waals surface area contributed by atoms with Crippen LogP contribution in [-0.2, 0) is 4.79 Å². The van der Waals surface area contributed by atoms with Crippen molar-refractivity contribution in [3.63, 3.8) is 0 Å². The van der Waals surface area contributed by atoms with Gasteiger partial charge in [-0.05, 0) is 36.8 Å². The maximum atomic E-state index is 12.8. The summed E-state index contributed by atoms with van der Waals surface area (Å²) in [7, 11) is 0. The Kier molecular flexibility index (Phi) is 5.55. The molecule has 0 saturated heterocycles. The van der Waals surface area contributed by atoms with E-state index in [4.69, 9.17) is 5.73 Å². The van der Waals surface area contributed by atoms with Crippen molar-refractivity contribution in [1.82, 2.24) is 4.57 Å². The van der Waals surface area contributed by atoms with Crippen molar-refractivity contribution >= 4 is 22.5 Å². The molecule has 2 N–H and O–H groups in total. The highest BCUT2D eigenvalue weighted by Gasteiger charge is 2.19. The van der Waals surface area contributed by atoms with E-state index in [9.17, 15) is 14.4 Å². The number of amides is 1. The van der Waals surface area contributed by atoms with E-state index in [0.717, 1.165) is 6.42 Å². The van der Waals surface area contributed by atoms with E-state index in [1.54, 1.807) is 37.4 Å². The van der Waals surface area contributed by atoms with E-state index >= 15 is 0 Å². The molecule has 0 bridgehead atoms. The van der Waals surface area contributed by atoms with Crippen LogP contribution < -0.4 is 11.3 Å². The van der Waals surface area contributed by atoms with Gasteiger partial charge in [-0.2, -0.15) is 0 Å². The van der Waals surface area contributed by atoms with Gasteiger partial charge in [0, 0.05) is 23.6 Å². The Morgan fingerprint density at radius 3 is 2.58 bits per heavy atom. The molecule has 1 heterocycles. The highest BCUT2D eigenvalue weighted by Crippen LogP contribution is 2.28. The van der Waals surface area contributed by atoms with Gasteiger partial charge in [-0.15, -0.1) is 0 Å². The smallest absolute Gasteiger partial charge is 0.259 e. The monoisotopic (exact) mass is 354 g/mol. The van der Waals surface area contributed by atoms with Gasteiger partial charge in [0.2, 0.25) is 5.91 Å². The Balaban J connectivity index is 1.87. The summed E-state index contributed by atoms with van der Waals surface area (Å²) < 4.78 is 1.32. The van der Waals surface area contributed by atoms with Crippen molar-refractivity contribution < 1.29 is 9.59 Å². The number of carbonyl (C=O) groups excluding carboxylic acids is 2. The minimum Gasteiger partial charge on any atom is -0.368 e. The largest absolute Gasteiger partial charge is 0.368 e. The lowest BCUT2D eigenvalue weighted by Gasteiger charge is -2.21. The topological polar surface area (TPSA) is 82.2 Å². The molecule has 1 amide bonds. The number of hydrogen-bond donors (Lipinski definition) is 1. The van der Waals surface area contributed by atoms with Gasteiger partial charge in [0.1, 0.15) is 6.04 Å². The third-order valence-electron chi connectivity index (χ3n) is 5.61. The van der Waals surface area contributed by atoms with E-state index in [-0.39, 0.29) is 11.3 Å². The first-order valence-electron chi connectivity index (χ1n) is 9.45. The van der Waals surface area contributed by atoms with E-state index in [1.165, 1.54) is 36.7 Å². The molecule has 3 rings (SSSR count). The molecule has 1 aliphatic rings. The molecule has 1 aromatic heterocycles. The van der Waals surface area contributed by atoms with Crippen LogP contribution in [0.4, 0.5) is 0 Å². The van der Waals surface area contributed by atoms with E-state index < -0.39 is 11.9 Å². The van der Waals surface area contributed by atoms with Gasteiger partial charge < -0.3 is 10.3 Å². The lowest BCUT2D eigenvalue weighted by molar-refractivity contribution is -0.120. The average Bonchev–Trinajstić information content (AvgIpc) is 2.66. The minimum atomic E-state index is -0.724. The zero-order valence-electron chi connectivity index (χ0n) is 15.2. The van der Waals surface area contributed by atoms with Crippen LogP contribution in [0.2, 0.25) is 0 Å². The molecule has 1 aliphatic carbocycles. The molecular formula is C21H26N2O3. The lowest BCUT2D eigenvalue weighted by Crippen LogP contribution is -2.31. The summed E-state index contributed by atoms with van der Waals surface area (Å²) in [6, 6.07) is 6.23. The molecule has 26 heavy (non-hydrogen) atoms. The molecule has 5 nitrogen and oxygen atoms in total. The van der Waals surface area contributed by atoms with E-state index in [2.05, 4.69) is 0 Å². The number of fused-ring (bicyclic) bond motifs is 1. The quantitative estimate of drug-likeness (QED) is 0.805. The number of rotatable bonds is 6. The Labute approximate surface area is 153 Å². The van der Waals surface area contributed by atoms with E-state index in [0.29, 0.717) is 28.7 Å². The first-order valence-corrected chi connectivity index (χ1v) is 9.45. The molecule has 1 atom stereocenters. The summed E-state index contributed by atoms with van der Waals surface area (Å²) in [5.74, 6) is 0.170. The van der Waals surface area contributed by atoms with Crippen molar-refractivity contribution in [2.24, 2.45) is 11.7 Å². The molecule has 1 unspecified atom stereocenters. The van der Waals surface area contributed by atoms with Crippen LogP contribution in [0.15, 0.2) is 35.3 Å². The summed E-state index contributed by atoms with van der Waals surface area (Å²) in [6.45, 7) is 1.59. The van der Waals surface area contributed by atoms with Gasteiger partial charge in [0.25, 0.3) is 5.56 Å². The second-order valence-electron chi connectivity index (χ2n) is 7.34. The summed E-state index contributed by atoms with van der Waals surface area (Å²) in [5.41, 5.74) is 5.61. The maximum absolute atomic E-state index is 12.8. The van der Waals surface area contributed by atoms with Crippen LogP contribution in [0.1, 0.15) is 68.3 Å². The SMILES string of the molecule is CC(C(N)=O)n1ccc2c(C(=O)CCC3CCCCC3)cccc2c1=O. The fourth-order valence-electron chi connectivity index (χ4n) is 3.92. The van der Waals surface area contributed by atoms with Gasteiger partial charge in [-0.25, -0.2) is 0 Å². The lowest BCUT2D eigenvalue weighted by atomic mass is 9.85. The van der Waals surface area contributed by atoms with Crippen LogP contribution >= 0.6 is 0 Å². The average molecular weight is 354 g/mol. The van der Waals surface area contributed by atoms with E-state index in [1.807, 2.05) is 0 Å². The van der Waals surface area contributed by atoms with Crippen molar-refractivity contribution in [3.05, 3.63) is 46.4 Å². The highest BCUT2D eigenvalue weighted by molar-refractivity contribution is 6.07. The molecule has 1 saturated carbocycles. The fraction of sp³-hybridized carbons (Fsp3) is 0.476. The van der Waals surface area contributed by atoms with Crippen LogP contribution in [0, 0.1) is 5.92 Å². The molecule has 1 aromatic carbocycles. The van der Waals surface area contributed by atoms with Gasteiger partial charge >= 0.3 is 0 Å². The van der Waals surface area contributed by atoms with Gasteiger partial charge in [0.15, 0.2) is 5.78 Å². The van der Waals surface area contributed by atoms with Gasteiger partial charge in [-0.1, -0.05) is 44.2 Å². The third kappa shape index (κ3) is 3.71. The number of primary amides is 1. The predicted molar refractivity (Wildman–Crippen MR) is 102 cm³/mol. The van der Waals surface area contributed by atoms with Crippen LogP contribution in [0.3, 0.4) is 0 Å². The Morgan fingerprint density at radius 2 is 1.88 bits per heavy atom. The second-order valence-corrected chi connectivity index (χ2v) is 7.34. The number of carbonyl (C=O) groups is 2. The van der Waals surface area contributed by atoms with Crippen molar-refractivity contribution in [2.75, 3.05) is 0 Å². The summed E-state index contributed by atoms with van der Waals surface area (Å²) in [6.07, 6.45) is 9.28. The summed E-state index contributed by atoms with van der Waals surface area (Å²) in [5, 5.41) is 1.10.